The minimum Gasteiger partial charge on any atom is -0.394 e. The highest BCUT2D eigenvalue weighted by atomic mass is 16.3. The lowest BCUT2D eigenvalue weighted by molar-refractivity contribution is 0.105. The van der Waals surface area contributed by atoms with E-state index < -0.39 is 0 Å². The van der Waals surface area contributed by atoms with E-state index in [4.69, 9.17) is 0 Å². The number of likely N-dealkylation sites (N-methyl/N-ethyl adjacent to an activating group) is 2. The van der Waals surface area contributed by atoms with E-state index in [1.54, 1.807) is 0 Å². The SMILES string of the molecule is CCN1CCN(CCC(CO)(NC)c2ccccc2)CC1. The van der Waals surface area contributed by atoms with E-state index in [9.17, 15) is 5.11 Å². The molecule has 1 aromatic carbocycles. The topological polar surface area (TPSA) is 38.7 Å². The van der Waals surface area contributed by atoms with Crippen molar-refractivity contribution in [3.8, 4) is 0 Å². The number of aliphatic hydroxyl groups excluding tert-OH is 1. The summed E-state index contributed by atoms with van der Waals surface area (Å²) in [6, 6.07) is 10.3. The van der Waals surface area contributed by atoms with E-state index in [2.05, 4.69) is 34.2 Å². The molecule has 1 saturated heterocycles. The average molecular weight is 291 g/mol. The maximum atomic E-state index is 9.95. The Kier molecular flexibility index (Phi) is 6.18. The van der Waals surface area contributed by atoms with Crippen LogP contribution in [0.15, 0.2) is 30.3 Å². The average Bonchev–Trinajstić information content (AvgIpc) is 2.58. The number of hydrogen-bond donors (Lipinski definition) is 2. The van der Waals surface area contributed by atoms with E-state index in [0.29, 0.717) is 0 Å². The Balaban J connectivity index is 1.95. The highest BCUT2D eigenvalue weighted by Gasteiger charge is 2.30. The Hall–Kier alpha value is -0.940. The largest absolute Gasteiger partial charge is 0.394 e. The van der Waals surface area contributed by atoms with Gasteiger partial charge in [-0.15, -0.1) is 0 Å². The number of benzene rings is 1. The summed E-state index contributed by atoms with van der Waals surface area (Å²) in [5, 5.41) is 13.3. The van der Waals surface area contributed by atoms with Gasteiger partial charge < -0.3 is 20.2 Å². The van der Waals surface area contributed by atoms with Gasteiger partial charge in [0.15, 0.2) is 0 Å². The molecule has 0 amide bonds. The fourth-order valence-corrected chi connectivity index (χ4v) is 3.10. The number of nitrogens with one attached hydrogen (secondary N) is 1. The van der Waals surface area contributed by atoms with E-state index in [0.717, 1.165) is 45.7 Å². The van der Waals surface area contributed by atoms with Gasteiger partial charge in [0, 0.05) is 32.7 Å². The molecule has 0 aliphatic carbocycles. The van der Waals surface area contributed by atoms with Crippen molar-refractivity contribution in [2.75, 3.05) is 52.9 Å². The zero-order chi connectivity index (χ0) is 15.1. The predicted octanol–water partition coefficient (Wildman–Crippen LogP) is 1.12. The standard InChI is InChI=1S/C17H29N3O/c1-3-19-11-13-20(14-12-19)10-9-17(15-21,18-2)16-7-5-4-6-8-16/h4-8,18,21H,3,9-15H2,1-2H3. The summed E-state index contributed by atoms with van der Waals surface area (Å²) in [7, 11) is 1.94. The predicted molar refractivity (Wildman–Crippen MR) is 87.4 cm³/mol. The lowest BCUT2D eigenvalue weighted by Crippen LogP contribution is -2.50. The Morgan fingerprint density at radius 2 is 1.71 bits per heavy atom. The van der Waals surface area contributed by atoms with Crippen molar-refractivity contribution in [1.82, 2.24) is 15.1 Å². The first-order chi connectivity index (χ1) is 10.2. The highest BCUT2D eigenvalue weighted by Crippen LogP contribution is 2.24. The molecule has 118 valence electrons. The molecular formula is C17H29N3O. The molecule has 0 bridgehead atoms. The molecule has 1 aliphatic heterocycles. The first-order valence-corrected chi connectivity index (χ1v) is 8.04. The normalized spacial score (nSPS) is 20.3. The molecule has 21 heavy (non-hydrogen) atoms. The number of hydrogen-bond acceptors (Lipinski definition) is 4. The van der Waals surface area contributed by atoms with Gasteiger partial charge in [0.2, 0.25) is 0 Å². The fourth-order valence-electron chi connectivity index (χ4n) is 3.10. The van der Waals surface area contributed by atoms with Crippen LogP contribution in [0, 0.1) is 0 Å². The van der Waals surface area contributed by atoms with Crippen molar-refractivity contribution in [2.45, 2.75) is 18.9 Å². The fraction of sp³-hybridized carbons (Fsp3) is 0.647. The third-order valence-corrected chi connectivity index (χ3v) is 4.84. The van der Waals surface area contributed by atoms with Crippen molar-refractivity contribution < 1.29 is 5.11 Å². The number of nitrogens with zero attached hydrogens (tertiary/aromatic N) is 2. The minimum atomic E-state index is -0.330. The van der Waals surface area contributed by atoms with Crippen LogP contribution >= 0.6 is 0 Å². The van der Waals surface area contributed by atoms with Gasteiger partial charge in [0.05, 0.1) is 12.1 Å². The lowest BCUT2D eigenvalue weighted by Gasteiger charge is -2.38. The molecule has 2 rings (SSSR count). The smallest absolute Gasteiger partial charge is 0.0678 e. The Bertz CT molecular complexity index is 398. The van der Waals surface area contributed by atoms with Gasteiger partial charge >= 0.3 is 0 Å². The molecule has 1 atom stereocenters. The summed E-state index contributed by atoms with van der Waals surface area (Å²) in [6.07, 6.45) is 0.927. The molecule has 1 unspecified atom stereocenters. The molecule has 0 spiro atoms. The maximum absolute atomic E-state index is 9.95. The van der Waals surface area contributed by atoms with Gasteiger partial charge in [-0.2, -0.15) is 0 Å². The monoisotopic (exact) mass is 291 g/mol. The molecule has 0 aromatic heterocycles. The minimum absolute atomic E-state index is 0.127. The molecule has 4 nitrogen and oxygen atoms in total. The first kappa shape index (κ1) is 16.4. The van der Waals surface area contributed by atoms with Crippen molar-refractivity contribution >= 4 is 0 Å². The van der Waals surface area contributed by atoms with E-state index in [1.165, 1.54) is 5.56 Å². The van der Waals surface area contributed by atoms with Crippen molar-refractivity contribution in [3.05, 3.63) is 35.9 Å². The molecule has 1 aromatic rings. The number of rotatable bonds is 7. The Labute approximate surface area is 128 Å². The molecule has 2 N–H and O–H groups in total. The summed E-state index contributed by atoms with van der Waals surface area (Å²) in [4.78, 5) is 5.00. The Morgan fingerprint density at radius 3 is 2.24 bits per heavy atom. The van der Waals surface area contributed by atoms with Gasteiger partial charge in [-0.25, -0.2) is 0 Å². The van der Waals surface area contributed by atoms with Crippen LogP contribution in [-0.4, -0.2) is 67.8 Å². The van der Waals surface area contributed by atoms with Gasteiger partial charge in [-0.1, -0.05) is 37.3 Å². The van der Waals surface area contributed by atoms with Crippen molar-refractivity contribution in [3.63, 3.8) is 0 Å². The third-order valence-electron chi connectivity index (χ3n) is 4.84. The number of aliphatic hydroxyl groups is 1. The van der Waals surface area contributed by atoms with Crippen LogP contribution in [0.4, 0.5) is 0 Å². The molecule has 4 heteroatoms. The highest BCUT2D eigenvalue weighted by molar-refractivity contribution is 5.24. The molecule has 0 saturated carbocycles. The van der Waals surface area contributed by atoms with Crippen LogP contribution in [0.25, 0.3) is 0 Å². The van der Waals surface area contributed by atoms with Gasteiger partial charge in [0.1, 0.15) is 0 Å². The Morgan fingerprint density at radius 1 is 1.10 bits per heavy atom. The summed E-state index contributed by atoms with van der Waals surface area (Å²) in [6.45, 7) is 9.11. The van der Waals surface area contributed by atoms with Crippen LogP contribution in [0.5, 0.6) is 0 Å². The van der Waals surface area contributed by atoms with Crippen molar-refractivity contribution in [1.29, 1.82) is 0 Å². The summed E-state index contributed by atoms with van der Waals surface area (Å²) in [5.74, 6) is 0. The third kappa shape index (κ3) is 4.04. The maximum Gasteiger partial charge on any atom is 0.0678 e. The number of piperazine rings is 1. The second-order valence-corrected chi connectivity index (χ2v) is 5.88. The van der Waals surface area contributed by atoms with Crippen LogP contribution in [0.1, 0.15) is 18.9 Å². The van der Waals surface area contributed by atoms with E-state index in [-0.39, 0.29) is 12.1 Å². The molecule has 1 heterocycles. The molecule has 0 radical (unpaired) electrons. The van der Waals surface area contributed by atoms with Crippen LogP contribution in [0.2, 0.25) is 0 Å². The van der Waals surface area contributed by atoms with Gasteiger partial charge in [-0.3, -0.25) is 0 Å². The zero-order valence-electron chi connectivity index (χ0n) is 13.4. The summed E-state index contributed by atoms with van der Waals surface area (Å²) >= 11 is 0. The second-order valence-electron chi connectivity index (χ2n) is 5.88. The van der Waals surface area contributed by atoms with E-state index >= 15 is 0 Å². The van der Waals surface area contributed by atoms with Crippen LogP contribution in [0.3, 0.4) is 0 Å². The van der Waals surface area contributed by atoms with Gasteiger partial charge in [-0.05, 0) is 25.6 Å². The summed E-state index contributed by atoms with van der Waals surface area (Å²) in [5.41, 5.74) is 0.838. The molecule has 1 fully saturated rings. The van der Waals surface area contributed by atoms with Gasteiger partial charge in [0.25, 0.3) is 0 Å². The quantitative estimate of drug-likeness (QED) is 0.790. The zero-order valence-corrected chi connectivity index (χ0v) is 13.4. The molecular weight excluding hydrogens is 262 g/mol. The van der Waals surface area contributed by atoms with E-state index in [1.807, 2.05) is 25.2 Å². The van der Waals surface area contributed by atoms with Crippen LogP contribution in [-0.2, 0) is 5.54 Å². The summed E-state index contributed by atoms with van der Waals surface area (Å²) < 4.78 is 0. The second kappa shape index (κ2) is 7.90. The van der Waals surface area contributed by atoms with Crippen LogP contribution < -0.4 is 5.32 Å². The lowest BCUT2D eigenvalue weighted by atomic mass is 9.87. The first-order valence-electron chi connectivity index (χ1n) is 8.04. The van der Waals surface area contributed by atoms with Crippen molar-refractivity contribution in [2.24, 2.45) is 0 Å². The molecule has 1 aliphatic rings.